The van der Waals surface area contributed by atoms with Crippen molar-refractivity contribution in [2.75, 3.05) is 13.1 Å². The second-order valence-corrected chi connectivity index (χ2v) is 8.29. The first-order valence-corrected chi connectivity index (χ1v) is 11.2. The second-order valence-electron chi connectivity index (χ2n) is 8.29. The van der Waals surface area contributed by atoms with Gasteiger partial charge >= 0.3 is 0 Å². The Morgan fingerprint density at radius 3 is 2.28 bits per heavy atom. The highest BCUT2D eigenvalue weighted by molar-refractivity contribution is 5.61. The van der Waals surface area contributed by atoms with Crippen LogP contribution >= 0.6 is 0 Å². The van der Waals surface area contributed by atoms with Crippen molar-refractivity contribution in [3.8, 4) is 22.6 Å². The van der Waals surface area contributed by atoms with Gasteiger partial charge < -0.3 is 4.98 Å². The van der Waals surface area contributed by atoms with Gasteiger partial charge in [0.1, 0.15) is 5.82 Å². The number of imidazole rings is 1. The first kappa shape index (κ1) is 20.3. The molecule has 4 aromatic rings. The van der Waals surface area contributed by atoms with E-state index in [2.05, 4.69) is 62.3 Å². The molecule has 1 N–H and O–H groups in total. The number of hydrogen-bond acceptors (Lipinski definition) is 4. The molecule has 1 saturated heterocycles. The Labute approximate surface area is 188 Å². The molecule has 32 heavy (non-hydrogen) atoms. The van der Waals surface area contributed by atoms with Crippen LogP contribution in [0.5, 0.6) is 0 Å². The number of rotatable bonds is 6. The van der Waals surface area contributed by atoms with E-state index in [9.17, 15) is 0 Å². The van der Waals surface area contributed by atoms with Crippen molar-refractivity contribution in [1.82, 2.24) is 24.8 Å². The minimum atomic E-state index is 0.601. The first-order valence-electron chi connectivity index (χ1n) is 11.2. The highest BCUT2D eigenvalue weighted by Gasteiger charge is 2.17. The highest BCUT2D eigenvalue weighted by Crippen LogP contribution is 2.22. The molecule has 1 fully saturated rings. The van der Waals surface area contributed by atoms with Crippen LogP contribution in [0.2, 0.25) is 0 Å². The lowest BCUT2D eigenvalue weighted by Gasteiger charge is -2.30. The van der Waals surface area contributed by atoms with Crippen LogP contribution in [0.3, 0.4) is 0 Å². The maximum Gasteiger partial charge on any atom is 0.159 e. The number of nitrogens with zero attached hydrogens (tertiary/aromatic N) is 4. The van der Waals surface area contributed by atoms with Gasteiger partial charge in [0.05, 0.1) is 5.69 Å². The summed E-state index contributed by atoms with van der Waals surface area (Å²) in [6.07, 6.45) is 12.4. The van der Waals surface area contributed by atoms with E-state index in [0.717, 1.165) is 48.1 Å². The van der Waals surface area contributed by atoms with Crippen molar-refractivity contribution in [1.29, 1.82) is 0 Å². The lowest BCUT2D eigenvalue weighted by molar-refractivity contribution is 0.196. The van der Waals surface area contributed by atoms with Crippen molar-refractivity contribution in [2.45, 2.75) is 19.4 Å². The monoisotopic (exact) mass is 421 g/mol. The van der Waals surface area contributed by atoms with Crippen LogP contribution in [-0.2, 0) is 6.54 Å². The lowest BCUT2D eigenvalue weighted by atomic mass is 9.96. The van der Waals surface area contributed by atoms with Gasteiger partial charge in [0.15, 0.2) is 5.82 Å². The van der Waals surface area contributed by atoms with Gasteiger partial charge in [-0.05, 0) is 43.5 Å². The number of allylic oxidation sites excluding steroid dienone is 1. The SMILES string of the molecule is C(=CC1CCN(Cc2ccccc2)CC1)c1nc(-c2cnc(-c3ccccc3)nc2)c[nH]1. The molecular weight excluding hydrogens is 394 g/mol. The number of hydrogen-bond donors (Lipinski definition) is 1. The molecule has 0 saturated carbocycles. The Morgan fingerprint density at radius 2 is 1.56 bits per heavy atom. The van der Waals surface area contributed by atoms with Gasteiger partial charge in [0.2, 0.25) is 0 Å². The molecule has 1 aliphatic rings. The molecule has 2 aromatic heterocycles. The fraction of sp³-hybridized carbons (Fsp3) is 0.222. The zero-order valence-electron chi connectivity index (χ0n) is 18.1. The van der Waals surface area contributed by atoms with Crippen molar-refractivity contribution >= 4 is 6.08 Å². The summed E-state index contributed by atoms with van der Waals surface area (Å²) in [4.78, 5) is 19.5. The molecule has 1 aliphatic heterocycles. The summed E-state index contributed by atoms with van der Waals surface area (Å²) in [5.74, 6) is 2.20. The fourth-order valence-corrected chi connectivity index (χ4v) is 4.14. The molecule has 5 rings (SSSR count). The first-order chi connectivity index (χ1) is 15.8. The molecule has 0 unspecified atom stereocenters. The molecule has 0 spiro atoms. The Morgan fingerprint density at radius 1 is 0.875 bits per heavy atom. The fourth-order valence-electron chi connectivity index (χ4n) is 4.14. The number of piperidine rings is 1. The van der Waals surface area contributed by atoms with Crippen LogP contribution in [0, 0.1) is 5.92 Å². The molecule has 0 aliphatic carbocycles. The van der Waals surface area contributed by atoms with E-state index < -0.39 is 0 Å². The van der Waals surface area contributed by atoms with Crippen LogP contribution in [0.1, 0.15) is 24.2 Å². The van der Waals surface area contributed by atoms with Crippen LogP contribution < -0.4 is 0 Å². The normalized spacial score (nSPS) is 15.4. The molecule has 0 bridgehead atoms. The maximum atomic E-state index is 4.71. The average molecular weight is 422 g/mol. The van der Waals surface area contributed by atoms with Crippen molar-refractivity contribution in [3.63, 3.8) is 0 Å². The predicted molar refractivity (Wildman–Crippen MR) is 129 cm³/mol. The van der Waals surface area contributed by atoms with Gasteiger partial charge in [0.25, 0.3) is 0 Å². The third-order valence-corrected chi connectivity index (χ3v) is 5.98. The highest BCUT2D eigenvalue weighted by atomic mass is 15.1. The van der Waals surface area contributed by atoms with E-state index in [1.54, 1.807) is 0 Å². The summed E-state index contributed by atoms with van der Waals surface area (Å²) in [6, 6.07) is 20.7. The van der Waals surface area contributed by atoms with Crippen molar-refractivity contribution < 1.29 is 0 Å². The molecule has 0 atom stereocenters. The van der Waals surface area contributed by atoms with Gasteiger partial charge in [-0.25, -0.2) is 15.0 Å². The van der Waals surface area contributed by atoms with Gasteiger partial charge in [0, 0.05) is 36.3 Å². The summed E-state index contributed by atoms with van der Waals surface area (Å²) in [5, 5.41) is 0. The van der Waals surface area contributed by atoms with E-state index in [1.807, 2.05) is 48.9 Å². The molecule has 0 radical (unpaired) electrons. The largest absolute Gasteiger partial charge is 0.344 e. The number of benzene rings is 2. The molecule has 2 aromatic carbocycles. The lowest BCUT2D eigenvalue weighted by Crippen LogP contribution is -2.32. The maximum absolute atomic E-state index is 4.71. The number of H-pyrrole nitrogens is 1. The van der Waals surface area contributed by atoms with E-state index >= 15 is 0 Å². The second kappa shape index (κ2) is 9.71. The summed E-state index contributed by atoms with van der Waals surface area (Å²) in [7, 11) is 0. The van der Waals surface area contributed by atoms with Crippen molar-refractivity contribution in [2.24, 2.45) is 5.92 Å². The molecule has 5 nitrogen and oxygen atoms in total. The van der Waals surface area contributed by atoms with E-state index in [0.29, 0.717) is 5.92 Å². The minimum Gasteiger partial charge on any atom is -0.344 e. The number of nitrogens with one attached hydrogen (secondary N) is 1. The van der Waals surface area contributed by atoms with Crippen LogP contribution in [0.15, 0.2) is 85.3 Å². The molecule has 0 amide bonds. The Balaban J connectivity index is 1.16. The topological polar surface area (TPSA) is 57.7 Å². The molecule has 5 heteroatoms. The predicted octanol–water partition coefficient (Wildman–Crippen LogP) is 5.46. The summed E-state index contributed by atoms with van der Waals surface area (Å²) < 4.78 is 0. The standard InChI is InChI=1S/C27H27N5/c1-3-7-22(8-4-1)20-32-15-13-21(14-16-32)11-12-26-28-19-25(31-26)24-17-29-27(30-18-24)23-9-5-2-6-10-23/h1-12,17-19,21H,13-16,20H2,(H,28,31). The summed E-state index contributed by atoms with van der Waals surface area (Å²) >= 11 is 0. The average Bonchev–Trinajstić information content (AvgIpc) is 3.34. The van der Waals surface area contributed by atoms with E-state index in [-0.39, 0.29) is 0 Å². The van der Waals surface area contributed by atoms with Crippen LogP contribution in [0.4, 0.5) is 0 Å². The zero-order valence-corrected chi connectivity index (χ0v) is 18.1. The molecule has 160 valence electrons. The third kappa shape index (κ3) is 5.01. The van der Waals surface area contributed by atoms with Crippen LogP contribution in [-0.4, -0.2) is 37.9 Å². The quantitative estimate of drug-likeness (QED) is 0.449. The zero-order chi connectivity index (χ0) is 21.6. The van der Waals surface area contributed by atoms with Gasteiger partial charge in [-0.3, -0.25) is 4.90 Å². The number of likely N-dealkylation sites (tertiary alicyclic amines) is 1. The minimum absolute atomic E-state index is 0.601. The summed E-state index contributed by atoms with van der Waals surface area (Å²) in [6.45, 7) is 3.32. The third-order valence-electron chi connectivity index (χ3n) is 5.98. The Bertz CT molecular complexity index is 1140. The number of aromatic amines is 1. The Hall–Kier alpha value is -3.57. The summed E-state index contributed by atoms with van der Waals surface area (Å²) in [5.41, 5.74) is 4.18. The van der Waals surface area contributed by atoms with Crippen LogP contribution in [0.25, 0.3) is 28.7 Å². The van der Waals surface area contributed by atoms with Gasteiger partial charge in [-0.2, -0.15) is 0 Å². The van der Waals surface area contributed by atoms with E-state index in [4.69, 9.17) is 4.98 Å². The molecular formula is C27H27N5. The number of aromatic nitrogens is 4. The van der Waals surface area contributed by atoms with Gasteiger partial charge in [-0.1, -0.05) is 66.7 Å². The van der Waals surface area contributed by atoms with E-state index in [1.165, 1.54) is 18.4 Å². The smallest absolute Gasteiger partial charge is 0.159 e. The Kier molecular flexibility index (Phi) is 6.17. The van der Waals surface area contributed by atoms with Crippen molar-refractivity contribution in [3.05, 3.63) is 96.7 Å². The van der Waals surface area contributed by atoms with Gasteiger partial charge in [-0.15, -0.1) is 0 Å². The molecule has 3 heterocycles.